The monoisotopic (exact) mass is 264 g/mol. The summed E-state index contributed by atoms with van der Waals surface area (Å²) in [4.78, 5) is 2.46. The first-order valence-electron chi connectivity index (χ1n) is 6.97. The second-order valence-electron chi connectivity index (χ2n) is 5.18. The number of nitrogens with two attached hydrogens (primary N) is 1. The number of anilines is 1. The highest BCUT2D eigenvalue weighted by molar-refractivity contribution is 5.41. The maximum Gasteiger partial charge on any atom is 0.119 e. The van der Waals surface area contributed by atoms with Gasteiger partial charge in [0, 0.05) is 25.9 Å². The predicted octanol–water partition coefficient (Wildman–Crippen LogP) is 2.01. The van der Waals surface area contributed by atoms with E-state index in [2.05, 4.69) is 4.90 Å². The van der Waals surface area contributed by atoms with Crippen LogP contribution >= 0.6 is 0 Å². The Kier molecular flexibility index (Phi) is 5.48. The maximum absolute atomic E-state index is 5.73. The highest BCUT2D eigenvalue weighted by atomic mass is 16.5. The molecule has 1 aliphatic heterocycles. The van der Waals surface area contributed by atoms with Gasteiger partial charge in [-0.3, -0.25) is 4.90 Å². The van der Waals surface area contributed by atoms with Crippen molar-refractivity contribution in [3.05, 3.63) is 24.3 Å². The molecule has 2 rings (SSSR count). The molecule has 1 aromatic rings. The fourth-order valence-corrected chi connectivity index (χ4v) is 2.58. The lowest BCUT2D eigenvalue weighted by atomic mass is 9.99. The molecule has 4 heteroatoms. The zero-order valence-corrected chi connectivity index (χ0v) is 11.7. The molecule has 1 aliphatic rings. The molecule has 1 atom stereocenters. The predicted molar refractivity (Wildman–Crippen MR) is 77.4 cm³/mol. The van der Waals surface area contributed by atoms with Gasteiger partial charge in [0.25, 0.3) is 0 Å². The molecule has 2 N–H and O–H groups in total. The van der Waals surface area contributed by atoms with Crippen LogP contribution in [0.25, 0.3) is 0 Å². The zero-order chi connectivity index (χ0) is 13.5. The molecule has 0 aliphatic carbocycles. The molecule has 106 valence electrons. The molecule has 0 aromatic heterocycles. The number of nitrogen functional groups attached to an aromatic ring is 1. The Hall–Kier alpha value is -1.26. The van der Waals surface area contributed by atoms with E-state index in [0.717, 1.165) is 37.7 Å². The minimum absolute atomic E-state index is 0.676. The molecule has 19 heavy (non-hydrogen) atoms. The second-order valence-corrected chi connectivity index (χ2v) is 5.18. The molecule has 0 amide bonds. The van der Waals surface area contributed by atoms with Crippen LogP contribution in [-0.2, 0) is 4.74 Å². The van der Waals surface area contributed by atoms with Crippen LogP contribution < -0.4 is 10.5 Å². The van der Waals surface area contributed by atoms with E-state index < -0.39 is 0 Å². The van der Waals surface area contributed by atoms with Gasteiger partial charge in [-0.1, -0.05) is 0 Å². The summed E-state index contributed by atoms with van der Waals surface area (Å²) in [6, 6.07) is 7.56. The summed E-state index contributed by atoms with van der Waals surface area (Å²) in [5, 5.41) is 0. The molecular weight excluding hydrogens is 240 g/mol. The highest BCUT2D eigenvalue weighted by Crippen LogP contribution is 2.17. The van der Waals surface area contributed by atoms with E-state index >= 15 is 0 Å². The first-order chi connectivity index (χ1) is 9.28. The summed E-state index contributed by atoms with van der Waals surface area (Å²) in [6.45, 7) is 4.87. The first-order valence-corrected chi connectivity index (χ1v) is 6.97. The average Bonchev–Trinajstić information content (AvgIpc) is 2.42. The van der Waals surface area contributed by atoms with Crippen molar-refractivity contribution in [3.8, 4) is 5.75 Å². The van der Waals surface area contributed by atoms with Crippen LogP contribution in [-0.4, -0.2) is 44.9 Å². The Labute approximate surface area is 115 Å². The van der Waals surface area contributed by atoms with Crippen LogP contribution in [0, 0.1) is 5.92 Å². The van der Waals surface area contributed by atoms with Crippen LogP contribution in [0.2, 0.25) is 0 Å². The number of nitrogens with zero attached hydrogens (tertiary/aromatic N) is 1. The van der Waals surface area contributed by atoms with Gasteiger partial charge in [0.05, 0.1) is 6.61 Å². The third-order valence-electron chi connectivity index (χ3n) is 3.56. The second kappa shape index (κ2) is 7.36. The van der Waals surface area contributed by atoms with Gasteiger partial charge in [-0.15, -0.1) is 0 Å². The van der Waals surface area contributed by atoms with E-state index in [0.29, 0.717) is 5.92 Å². The van der Waals surface area contributed by atoms with E-state index in [1.807, 2.05) is 24.3 Å². The van der Waals surface area contributed by atoms with Crippen molar-refractivity contribution >= 4 is 5.69 Å². The summed E-state index contributed by atoms with van der Waals surface area (Å²) in [7, 11) is 1.78. The van der Waals surface area contributed by atoms with Crippen molar-refractivity contribution in [1.82, 2.24) is 4.90 Å². The minimum Gasteiger partial charge on any atom is -0.492 e. The van der Waals surface area contributed by atoms with Crippen LogP contribution in [0.4, 0.5) is 5.69 Å². The average molecular weight is 264 g/mol. The van der Waals surface area contributed by atoms with E-state index in [9.17, 15) is 0 Å². The van der Waals surface area contributed by atoms with E-state index in [1.165, 1.54) is 19.4 Å². The number of rotatable bonds is 6. The summed E-state index contributed by atoms with van der Waals surface area (Å²) >= 11 is 0. The van der Waals surface area contributed by atoms with Crippen molar-refractivity contribution in [1.29, 1.82) is 0 Å². The third kappa shape index (κ3) is 4.73. The van der Waals surface area contributed by atoms with Crippen molar-refractivity contribution in [3.63, 3.8) is 0 Å². The maximum atomic E-state index is 5.73. The van der Waals surface area contributed by atoms with Gasteiger partial charge in [0.15, 0.2) is 0 Å². The normalized spacial score (nSPS) is 20.4. The molecule has 0 saturated carbocycles. The first kappa shape index (κ1) is 14.2. The Morgan fingerprint density at radius 3 is 2.84 bits per heavy atom. The van der Waals surface area contributed by atoms with Crippen LogP contribution in [0.3, 0.4) is 0 Å². The molecule has 1 saturated heterocycles. The SMILES string of the molecule is COCC1CCCN(CCOc2ccc(N)cc2)C1. The number of ether oxygens (including phenoxy) is 2. The topological polar surface area (TPSA) is 47.7 Å². The van der Waals surface area contributed by atoms with Crippen molar-refractivity contribution < 1.29 is 9.47 Å². The van der Waals surface area contributed by atoms with E-state index in [4.69, 9.17) is 15.2 Å². The fourth-order valence-electron chi connectivity index (χ4n) is 2.58. The zero-order valence-electron chi connectivity index (χ0n) is 11.7. The quantitative estimate of drug-likeness (QED) is 0.798. The molecule has 0 bridgehead atoms. The lowest BCUT2D eigenvalue weighted by Gasteiger charge is -2.32. The number of hydrogen-bond acceptors (Lipinski definition) is 4. The van der Waals surface area contributed by atoms with Crippen molar-refractivity contribution in [2.75, 3.05) is 45.7 Å². The number of hydrogen-bond donors (Lipinski definition) is 1. The number of benzene rings is 1. The van der Waals surface area contributed by atoms with Crippen molar-refractivity contribution in [2.45, 2.75) is 12.8 Å². The number of likely N-dealkylation sites (tertiary alicyclic amines) is 1. The molecule has 1 aromatic carbocycles. The molecular formula is C15H24N2O2. The Balaban J connectivity index is 1.69. The van der Waals surface area contributed by atoms with Gasteiger partial charge < -0.3 is 15.2 Å². The third-order valence-corrected chi connectivity index (χ3v) is 3.56. The van der Waals surface area contributed by atoms with E-state index in [-0.39, 0.29) is 0 Å². The van der Waals surface area contributed by atoms with Gasteiger partial charge in [0.2, 0.25) is 0 Å². The lowest BCUT2D eigenvalue weighted by Crippen LogP contribution is -2.39. The number of methoxy groups -OCH3 is 1. The van der Waals surface area contributed by atoms with Crippen molar-refractivity contribution in [2.24, 2.45) is 5.92 Å². The Bertz CT molecular complexity index is 365. The van der Waals surface area contributed by atoms with Gasteiger partial charge in [-0.2, -0.15) is 0 Å². The van der Waals surface area contributed by atoms with E-state index in [1.54, 1.807) is 7.11 Å². The smallest absolute Gasteiger partial charge is 0.119 e. The molecule has 0 radical (unpaired) electrons. The molecule has 1 unspecified atom stereocenters. The van der Waals surface area contributed by atoms with Gasteiger partial charge >= 0.3 is 0 Å². The van der Waals surface area contributed by atoms with Gasteiger partial charge in [-0.05, 0) is 49.6 Å². The van der Waals surface area contributed by atoms with Gasteiger partial charge in [0.1, 0.15) is 12.4 Å². The Morgan fingerprint density at radius 2 is 2.11 bits per heavy atom. The molecule has 0 spiro atoms. The van der Waals surface area contributed by atoms with Gasteiger partial charge in [-0.25, -0.2) is 0 Å². The summed E-state index contributed by atoms with van der Waals surface area (Å²) in [5.41, 5.74) is 6.41. The summed E-state index contributed by atoms with van der Waals surface area (Å²) in [6.07, 6.45) is 2.54. The fraction of sp³-hybridized carbons (Fsp3) is 0.600. The van der Waals surface area contributed by atoms with Crippen LogP contribution in [0.5, 0.6) is 5.75 Å². The number of piperidine rings is 1. The molecule has 4 nitrogen and oxygen atoms in total. The van der Waals surface area contributed by atoms with Crippen LogP contribution in [0.15, 0.2) is 24.3 Å². The molecule has 1 heterocycles. The summed E-state index contributed by atoms with van der Waals surface area (Å²) in [5.74, 6) is 1.56. The largest absolute Gasteiger partial charge is 0.492 e. The minimum atomic E-state index is 0.676. The molecule has 1 fully saturated rings. The van der Waals surface area contributed by atoms with Crippen LogP contribution in [0.1, 0.15) is 12.8 Å². The highest BCUT2D eigenvalue weighted by Gasteiger charge is 2.19. The standard InChI is InChI=1S/C15H24N2O2/c1-18-12-13-3-2-8-17(11-13)9-10-19-15-6-4-14(16)5-7-15/h4-7,13H,2-3,8-12,16H2,1H3. The summed E-state index contributed by atoms with van der Waals surface area (Å²) < 4.78 is 11.0. The lowest BCUT2D eigenvalue weighted by molar-refractivity contribution is 0.0832. The Morgan fingerprint density at radius 1 is 1.32 bits per heavy atom.